The zero-order valence-corrected chi connectivity index (χ0v) is 19.4. The molecule has 3 aromatic rings. The highest BCUT2D eigenvalue weighted by molar-refractivity contribution is 5.85. The van der Waals surface area contributed by atoms with Gasteiger partial charge in [0.25, 0.3) is 0 Å². The van der Waals surface area contributed by atoms with E-state index in [0.29, 0.717) is 18.9 Å². The summed E-state index contributed by atoms with van der Waals surface area (Å²) >= 11 is 0. The normalized spacial score (nSPS) is 11.8. The Kier molecular flexibility index (Phi) is 10.6. The maximum atomic E-state index is 12.6. The number of para-hydroxylation sites is 1. The molecule has 1 heterocycles. The number of carbonyl (C=O) groups is 1. The first-order valence-electron chi connectivity index (χ1n) is 11.3. The highest BCUT2D eigenvalue weighted by Gasteiger charge is 2.14. The average Bonchev–Trinajstić information content (AvgIpc) is 3.19. The van der Waals surface area contributed by atoms with Crippen LogP contribution in [0.1, 0.15) is 56.1 Å². The summed E-state index contributed by atoms with van der Waals surface area (Å²) in [4.78, 5) is 17.9. The SMILES string of the molecule is CC(CCCCCN(CCc1c[nH]c2ccccc12)C(=O)CCN)c1ccccc1.Cl. The molecule has 0 aliphatic rings. The maximum absolute atomic E-state index is 12.6. The van der Waals surface area contributed by atoms with Crippen molar-refractivity contribution in [3.63, 3.8) is 0 Å². The summed E-state index contributed by atoms with van der Waals surface area (Å²) < 4.78 is 0. The standard InChI is InChI=1S/C26H35N3O.ClH/c1-21(22-11-5-2-6-12-22)10-4-3-9-18-29(26(30)15-17-27)19-16-23-20-28-25-14-8-7-13-24(23)25;/h2,5-8,11-14,20-21,28H,3-4,9-10,15-19,27H2,1H3;1H. The molecule has 5 heteroatoms. The number of aromatic amines is 1. The summed E-state index contributed by atoms with van der Waals surface area (Å²) in [7, 11) is 0. The molecule has 0 saturated carbocycles. The number of hydrogen-bond donors (Lipinski definition) is 2. The van der Waals surface area contributed by atoms with E-state index in [1.807, 2.05) is 11.0 Å². The van der Waals surface area contributed by atoms with Crippen molar-refractivity contribution in [1.82, 2.24) is 9.88 Å². The first kappa shape index (κ1) is 25.0. The number of carbonyl (C=O) groups excluding carboxylic acids is 1. The Labute approximate surface area is 192 Å². The summed E-state index contributed by atoms with van der Waals surface area (Å²) in [5.41, 5.74) is 9.48. The maximum Gasteiger partial charge on any atom is 0.223 e. The van der Waals surface area contributed by atoms with Crippen molar-refractivity contribution in [2.45, 2.75) is 51.4 Å². The predicted octanol–water partition coefficient (Wildman–Crippen LogP) is 5.67. The molecule has 0 fully saturated rings. The van der Waals surface area contributed by atoms with Gasteiger partial charge in [-0.15, -0.1) is 12.4 Å². The Morgan fingerprint density at radius 1 is 1.00 bits per heavy atom. The zero-order chi connectivity index (χ0) is 21.2. The summed E-state index contributed by atoms with van der Waals surface area (Å²) in [6.45, 7) is 4.28. The van der Waals surface area contributed by atoms with E-state index in [0.717, 1.165) is 37.9 Å². The summed E-state index contributed by atoms with van der Waals surface area (Å²) in [5, 5.41) is 1.25. The van der Waals surface area contributed by atoms with Crippen LogP contribution in [0.5, 0.6) is 0 Å². The van der Waals surface area contributed by atoms with Gasteiger partial charge in [0.2, 0.25) is 5.91 Å². The topological polar surface area (TPSA) is 62.1 Å². The molecule has 0 saturated heterocycles. The van der Waals surface area contributed by atoms with Gasteiger partial charge in [-0.1, -0.05) is 68.3 Å². The Balaban J connectivity index is 0.00000341. The molecule has 168 valence electrons. The number of halogens is 1. The Morgan fingerprint density at radius 3 is 2.52 bits per heavy atom. The van der Waals surface area contributed by atoms with Crippen LogP contribution < -0.4 is 5.73 Å². The molecule has 0 radical (unpaired) electrons. The van der Waals surface area contributed by atoms with E-state index in [1.54, 1.807) is 0 Å². The van der Waals surface area contributed by atoms with Gasteiger partial charge in [0, 0.05) is 43.2 Å². The number of nitrogens with two attached hydrogens (primary N) is 1. The van der Waals surface area contributed by atoms with E-state index in [2.05, 4.69) is 66.6 Å². The fourth-order valence-corrected chi connectivity index (χ4v) is 4.11. The minimum absolute atomic E-state index is 0. The second-order valence-electron chi connectivity index (χ2n) is 8.19. The fraction of sp³-hybridized carbons (Fsp3) is 0.423. The van der Waals surface area contributed by atoms with Gasteiger partial charge in [-0.05, 0) is 42.4 Å². The van der Waals surface area contributed by atoms with Crippen molar-refractivity contribution < 1.29 is 4.79 Å². The summed E-state index contributed by atoms with van der Waals surface area (Å²) in [6.07, 6.45) is 7.95. The molecule has 0 spiro atoms. The number of benzene rings is 2. The van der Waals surface area contributed by atoms with Crippen LogP contribution in [0, 0.1) is 0 Å². The van der Waals surface area contributed by atoms with Crippen LogP contribution in [0.15, 0.2) is 60.8 Å². The van der Waals surface area contributed by atoms with E-state index in [4.69, 9.17) is 5.73 Å². The first-order chi connectivity index (χ1) is 14.7. The van der Waals surface area contributed by atoms with Crippen LogP contribution in [0.4, 0.5) is 0 Å². The minimum Gasteiger partial charge on any atom is -0.361 e. The largest absolute Gasteiger partial charge is 0.361 e. The lowest BCUT2D eigenvalue weighted by molar-refractivity contribution is -0.131. The Bertz CT molecular complexity index is 909. The third-order valence-electron chi connectivity index (χ3n) is 5.97. The van der Waals surface area contributed by atoms with Gasteiger partial charge < -0.3 is 15.6 Å². The lowest BCUT2D eigenvalue weighted by Crippen LogP contribution is -2.35. The van der Waals surface area contributed by atoms with Gasteiger partial charge in [-0.3, -0.25) is 4.79 Å². The monoisotopic (exact) mass is 441 g/mol. The van der Waals surface area contributed by atoms with Crippen molar-refractivity contribution in [2.24, 2.45) is 5.73 Å². The van der Waals surface area contributed by atoms with Crippen molar-refractivity contribution in [2.75, 3.05) is 19.6 Å². The number of amides is 1. The van der Waals surface area contributed by atoms with Crippen molar-refractivity contribution >= 4 is 29.2 Å². The van der Waals surface area contributed by atoms with E-state index < -0.39 is 0 Å². The van der Waals surface area contributed by atoms with E-state index in [9.17, 15) is 4.79 Å². The Hall–Kier alpha value is -2.30. The highest BCUT2D eigenvalue weighted by Crippen LogP contribution is 2.22. The van der Waals surface area contributed by atoms with Crippen LogP contribution in [0.3, 0.4) is 0 Å². The van der Waals surface area contributed by atoms with Gasteiger partial charge in [0.1, 0.15) is 0 Å². The second kappa shape index (κ2) is 13.2. The van der Waals surface area contributed by atoms with Gasteiger partial charge in [-0.25, -0.2) is 0 Å². The number of fused-ring (bicyclic) bond motifs is 1. The third kappa shape index (κ3) is 7.41. The minimum atomic E-state index is 0. The van der Waals surface area contributed by atoms with Gasteiger partial charge in [0.15, 0.2) is 0 Å². The van der Waals surface area contributed by atoms with Crippen LogP contribution in [-0.4, -0.2) is 35.4 Å². The highest BCUT2D eigenvalue weighted by atomic mass is 35.5. The first-order valence-corrected chi connectivity index (χ1v) is 11.3. The van der Waals surface area contributed by atoms with E-state index >= 15 is 0 Å². The lowest BCUT2D eigenvalue weighted by atomic mass is 9.95. The Morgan fingerprint density at radius 2 is 1.74 bits per heavy atom. The fourth-order valence-electron chi connectivity index (χ4n) is 4.11. The van der Waals surface area contributed by atoms with Crippen molar-refractivity contribution in [3.8, 4) is 0 Å². The van der Waals surface area contributed by atoms with Gasteiger partial charge >= 0.3 is 0 Å². The van der Waals surface area contributed by atoms with Gasteiger partial charge in [0.05, 0.1) is 0 Å². The summed E-state index contributed by atoms with van der Waals surface area (Å²) in [6, 6.07) is 19.0. The molecule has 3 N–H and O–H groups in total. The van der Waals surface area contributed by atoms with E-state index in [-0.39, 0.29) is 18.3 Å². The third-order valence-corrected chi connectivity index (χ3v) is 5.97. The van der Waals surface area contributed by atoms with E-state index in [1.165, 1.54) is 29.4 Å². The van der Waals surface area contributed by atoms with Crippen molar-refractivity contribution in [3.05, 3.63) is 71.9 Å². The molecule has 1 atom stereocenters. The molecule has 0 aliphatic carbocycles. The van der Waals surface area contributed by atoms with Crippen LogP contribution in [-0.2, 0) is 11.2 Å². The number of H-pyrrole nitrogens is 1. The van der Waals surface area contributed by atoms with Crippen LogP contribution >= 0.6 is 12.4 Å². The van der Waals surface area contributed by atoms with Crippen LogP contribution in [0.2, 0.25) is 0 Å². The molecular formula is C26H36ClN3O. The molecule has 2 aromatic carbocycles. The van der Waals surface area contributed by atoms with Crippen molar-refractivity contribution in [1.29, 1.82) is 0 Å². The molecule has 0 bridgehead atoms. The lowest BCUT2D eigenvalue weighted by Gasteiger charge is -2.23. The quantitative estimate of drug-likeness (QED) is 0.355. The van der Waals surface area contributed by atoms with Gasteiger partial charge in [-0.2, -0.15) is 0 Å². The average molecular weight is 442 g/mol. The molecule has 1 aromatic heterocycles. The number of nitrogens with one attached hydrogen (secondary N) is 1. The van der Waals surface area contributed by atoms with Crippen LogP contribution in [0.25, 0.3) is 10.9 Å². The number of aromatic nitrogens is 1. The number of nitrogens with zero attached hydrogens (tertiary/aromatic N) is 1. The molecule has 1 unspecified atom stereocenters. The number of unbranched alkanes of at least 4 members (excludes halogenated alkanes) is 2. The summed E-state index contributed by atoms with van der Waals surface area (Å²) in [5.74, 6) is 0.762. The molecule has 0 aliphatic heterocycles. The molecule has 4 nitrogen and oxygen atoms in total. The molecule has 1 amide bonds. The number of rotatable bonds is 12. The molecule has 31 heavy (non-hydrogen) atoms. The smallest absolute Gasteiger partial charge is 0.223 e. The molecular weight excluding hydrogens is 406 g/mol. The molecule has 3 rings (SSSR count). The number of hydrogen-bond acceptors (Lipinski definition) is 2. The predicted molar refractivity (Wildman–Crippen MR) is 133 cm³/mol. The zero-order valence-electron chi connectivity index (χ0n) is 18.6. The second-order valence-corrected chi connectivity index (χ2v) is 8.19.